The van der Waals surface area contributed by atoms with Crippen LogP contribution in [0.2, 0.25) is 0 Å². The van der Waals surface area contributed by atoms with Gasteiger partial charge in [0, 0.05) is 25.6 Å². The zero-order chi connectivity index (χ0) is 32.3. The first kappa shape index (κ1) is 30.7. The van der Waals surface area contributed by atoms with Crippen LogP contribution in [0.4, 0.5) is 45.2 Å². The fraction of sp³-hybridized carbons (Fsp3) is 0.655. The summed E-state index contributed by atoms with van der Waals surface area (Å²) in [6.45, 7) is -1.56. The number of halogens is 5. The smallest absolute Gasteiger partial charge is 0.411 e. The molecule has 46 heavy (non-hydrogen) atoms. The number of nitrogens with one attached hydrogen (secondary N) is 2. The minimum atomic E-state index is -4.62. The number of alkyl halides is 5. The maximum Gasteiger partial charge on any atom is 0.411 e. The molecule has 2 N–H and O–H groups in total. The van der Waals surface area contributed by atoms with Crippen molar-refractivity contribution in [2.75, 3.05) is 48.0 Å². The van der Waals surface area contributed by atoms with Crippen molar-refractivity contribution in [1.29, 1.82) is 5.41 Å². The van der Waals surface area contributed by atoms with Crippen LogP contribution in [0.15, 0.2) is 12.4 Å². The van der Waals surface area contributed by atoms with E-state index < -0.39 is 49.3 Å². The normalized spacial score (nSPS) is 24.0. The van der Waals surface area contributed by atoms with Gasteiger partial charge in [0.2, 0.25) is 11.9 Å². The van der Waals surface area contributed by atoms with E-state index in [4.69, 9.17) is 24.9 Å². The standard InChI is InChI=1S/C29H34F5N9O3/c30-28(31)8-9-41(16-28)26-36-12-18(13-37-26)43-23-21(27(24(43)44)6-1-2-7-27)22(38-17-4-3-5-17)39-20(40-23)15-46-25(35)42-10-11-45-14-19(42)29(32,33)34/h12-13,17,19,35H,1-11,14-16H2,(H,38,39,40)/t19-/m0/s1. The number of morpholine rings is 1. The van der Waals surface area contributed by atoms with E-state index >= 15 is 0 Å². The number of carbonyl (C=O) groups excluding carboxylic acids is 1. The predicted octanol–water partition coefficient (Wildman–Crippen LogP) is 4.28. The second-order valence-electron chi connectivity index (χ2n) is 12.6. The molecule has 1 amide bonds. The Kier molecular flexibility index (Phi) is 7.63. The van der Waals surface area contributed by atoms with E-state index in [1.165, 1.54) is 22.2 Å². The van der Waals surface area contributed by atoms with Crippen molar-refractivity contribution in [2.24, 2.45) is 0 Å². The molecule has 2 saturated heterocycles. The quantitative estimate of drug-likeness (QED) is 0.265. The molecule has 5 aliphatic rings. The molecule has 12 nitrogen and oxygen atoms in total. The van der Waals surface area contributed by atoms with Crippen molar-refractivity contribution in [3.63, 3.8) is 0 Å². The van der Waals surface area contributed by atoms with Crippen molar-refractivity contribution in [1.82, 2.24) is 24.8 Å². The molecule has 0 aromatic carbocycles. The zero-order valence-corrected chi connectivity index (χ0v) is 25.0. The predicted molar refractivity (Wildman–Crippen MR) is 154 cm³/mol. The van der Waals surface area contributed by atoms with Crippen LogP contribution in [0.1, 0.15) is 62.8 Å². The van der Waals surface area contributed by atoms with E-state index in [0.29, 0.717) is 29.9 Å². The fourth-order valence-corrected chi connectivity index (χ4v) is 6.94. The van der Waals surface area contributed by atoms with E-state index in [0.717, 1.165) is 37.0 Å². The van der Waals surface area contributed by atoms with Gasteiger partial charge in [0.05, 0.1) is 48.8 Å². The van der Waals surface area contributed by atoms with Gasteiger partial charge in [-0.25, -0.2) is 28.7 Å². The Hall–Kier alpha value is -3.89. The van der Waals surface area contributed by atoms with Gasteiger partial charge in [-0.3, -0.25) is 15.1 Å². The lowest BCUT2D eigenvalue weighted by molar-refractivity contribution is -0.202. The van der Waals surface area contributed by atoms with Crippen LogP contribution in [-0.2, 0) is 26.3 Å². The minimum Gasteiger partial charge on any atom is -0.457 e. The van der Waals surface area contributed by atoms with Crippen molar-refractivity contribution >= 4 is 35.2 Å². The highest BCUT2D eigenvalue weighted by Crippen LogP contribution is 2.55. The zero-order valence-electron chi connectivity index (χ0n) is 25.0. The van der Waals surface area contributed by atoms with E-state index in [9.17, 15) is 26.7 Å². The van der Waals surface area contributed by atoms with Gasteiger partial charge in [-0.1, -0.05) is 12.8 Å². The number of ether oxygens (including phenoxy) is 2. The molecule has 17 heteroatoms. The molecule has 1 atom stereocenters. The molecule has 2 aromatic rings. The van der Waals surface area contributed by atoms with Gasteiger partial charge >= 0.3 is 6.18 Å². The molecule has 0 radical (unpaired) electrons. The number of rotatable bonds is 6. The van der Waals surface area contributed by atoms with Crippen LogP contribution >= 0.6 is 0 Å². The number of hydrogen-bond acceptors (Lipinski definition) is 10. The summed E-state index contributed by atoms with van der Waals surface area (Å²) in [7, 11) is 0. The summed E-state index contributed by atoms with van der Waals surface area (Å²) in [6, 6.07) is -2.56. The van der Waals surface area contributed by atoms with Gasteiger partial charge in [-0.2, -0.15) is 13.2 Å². The lowest BCUT2D eigenvalue weighted by Crippen LogP contribution is -2.55. The number of carbonyl (C=O) groups is 1. The van der Waals surface area contributed by atoms with Crippen LogP contribution in [0.5, 0.6) is 0 Å². The summed E-state index contributed by atoms with van der Waals surface area (Å²) in [5.74, 6) is -2.09. The molecule has 2 aliphatic carbocycles. The van der Waals surface area contributed by atoms with Crippen molar-refractivity contribution < 1.29 is 36.2 Å². The first-order chi connectivity index (χ1) is 22.0. The number of nitrogens with zero attached hydrogens (tertiary/aromatic N) is 7. The van der Waals surface area contributed by atoms with Crippen LogP contribution in [0, 0.1) is 5.41 Å². The Morgan fingerprint density at radius 1 is 1.09 bits per heavy atom. The van der Waals surface area contributed by atoms with Gasteiger partial charge in [0.25, 0.3) is 11.9 Å². The largest absolute Gasteiger partial charge is 0.457 e. The number of aromatic nitrogens is 4. The Bertz CT molecular complexity index is 1500. The first-order valence-corrected chi connectivity index (χ1v) is 15.5. The molecule has 3 aliphatic heterocycles. The second kappa shape index (κ2) is 11.4. The topological polar surface area (TPSA) is 133 Å². The number of hydrogen-bond donors (Lipinski definition) is 2. The highest BCUT2D eigenvalue weighted by atomic mass is 19.4. The van der Waals surface area contributed by atoms with Crippen LogP contribution < -0.4 is 15.1 Å². The third-order valence-electron chi connectivity index (χ3n) is 9.58. The van der Waals surface area contributed by atoms with Crippen molar-refractivity contribution in [3.8, 4) is 0 Å². The summed E-state index contributed by atoms with van der Waals surface area (Å²) < 4.78 is 79.0. The van der Waals surface area contributed by atoms with Crippen molar-refractivity contribution in [3.05, 3.63) is 23.8 Å². The third kappa shape index (κ3) is 5.45. The maximum absolute atomic E-state index is 14.3. The molecule has 4 fully saturated rings. The molecule has 2 saturated carbocycles. The SMILES string of the molecule is N=C(OCc1nc(NC2CCC2)c2c(n1)N(c1cnc(N3CCC(F)(F)C3)nc1)C(=O)C21CCCC1)N1CCOC[C@H]1C(F)(F)F. The minimum absolute atomic E-state index is 0.0172. The molecule has 0 unspecified atom stereocenters. The molecule has 2 aromatic heterocycles. The number of amidine groups is 1. The second-order valence-corrected chi connectivity index (χ2v) is 12.6. The van der Waals surface area contributed by atoms with Gasteiger partial charge < -0.3 is 24.6 Å². The molecular formula is C29H34F5N9O3. The Labute approximate surface area is 261 Å². The molecule has 1 spiro atoms. The fourth-order valence-electron chi connectivity index (χ4n) is 6.94. The Morgan fingerprint density at radius 3 is 2.46 bits per heavy atom. The lowest BCUT2D eigenvalue weighted by Gasteiger charge is -2.37. The van der Waals surface area contributed by atoms with E-state index in [2.05, 4.69) is 15.3 Å². The number of anilines is 4. The van der Waals surface area contributed by atoms with Crippen LogP contribution in [0.25, 0.3) is 0 Å². The number of amides is 1. The Balaban J connectivity index is 1.22. The molecular weight excluding hydrogens is 617 g/mol. The molecule has 5 heterocycles. The van der Waals surface area contributed by atoms with Crippen LogP contribution in [0.3, 0.4) is 0 Å². The lowest BCUT2D eigenvalue weighted by atomic mass is 9.80. The van der Waals surface area contributed by atoms with Gasteiger partial charge in [0.1, 0.15) is 11.6 Å². The molecule has 248 valence electrons. The number of fused-ring (bicyclic) bond motifs is 2. The molecule has 7 rings (SSSR count). The van der Waals surface area contributed by atoms with E-state index in [-0.39, 0.29) is 55.7 Å². The maximum atomic E-state index is 14.3. The average molecular weight is 652 g/mol. The van der Waals surface area contributed by atoms with E-state index in [1.54, 1.807) is 0 Å². The monoisotopic (exact) mass is 651 g/mol. The van der Waals surface area contributed by atoms with Crippen LogP contribution in [-0.4, -0.2) is 93.8 Å². The summed E-state index contributed by atoms with van der Waals surface area (Å²) in [5, 5.41) is 11.8. The van der Waals surface area contributed by atoms with Gasteiger partial charge in [0.15, 0.2) is 18.5 Å². The first-order valence-electron chi connectivity index (χ1n) is 15.5. The average Bonchev–Trinajstić information content (AvgIpc) is 3.70. The summed E-state index contributed by atoms with van der Waals surface area (Å²) in [6.07, 6.45) is 3.59. The molecule has 0 bridgehead atoms. The van der Waals surface area contributed by atoms with Gasteiger partial charge in [-0.15, -0.1) is 0 Å². The van der Waals surface area contributed by atoms with E-state index in [1.807, 2.05) is 0 Å². The van der Waals surface area contributed by atoms with Gasteiger partial charge in [-0.05, 0) is 32.1 Å². The highest BCUT2D eigenvalue weighted by molar-refractivity contribution is 6.13. The Morgan fingerprint density at radius 2 is 1.83 bits per heavy atom. The summed E-state index contributed by atoms with van der Waals surface area (Å²) >= 11 is 0. The van der Waals surface area contributed by atoms with Crippen molar-refractivity contribution in [2.45, 2.75) is 87.6 Å². The third-order valence-corrected chi connectivity index (χ3v) is 9.58. The summed E-state index contributed by atoms with van der Waals surface area (Å²) in [4.78, 5) is 36.0. The highest BCUT2D eigenvalue weighted by Gasteiger charge is 2.56. The summed E-state index contributed by atoms with van der Waals surface area (Å²) in [5.41, 5.74) is 0.0602.